The van der Waals surface area contributed by atoms with Crippen LogP contribution in [0, 0.1) is 5.82 Å². The van der Waals surface area contributed by atoms with Gasteiger partial charge < -0.3 is 0 Å². The van der Waals surface area contributed by atoms with Crippen LogP contribution in [0.3, 0.4) is 0 Å². The first-order valence-corrected chi connectivity index (χ1v) is 7.21. The van der Waals surface area contributed by atoms with Crippen molar-refractivity contribution in [2.45, 2.75) is 4.90 Å². The molecule has 0 aliphatic rings. The normalized spacial score (nSPS) is 11.2. The summed E-state index contributed by atoms with van der Waals surface area (Å²) in [6.45, 7) is 0. The van der Waals surface area contributed by atoms with Crippen LogP contribution in [0.5, 0.6) is 0 Å². The lowest BCUT2D eigenvalue weighted by Crippen LogP contribution is -2.16. The van der Waals surface area contributed by atoms with E-state index in [0.29, 0.717) is 5.56 Å². The number of halogens is 1. The quantitative estimate of drug-likeness (QED) is 0.807. The molecule has 2 aromatic rings. The first-order valence-electron chi connectivity index (χ1n) is 5.55. The van der Waals surface area contributed by atoms with Gasteiger partial charge in [0.15, 0.2) is 15.6 Å². The van der Waals surface area contributed by atoms with Gasteiger partial charge in [0, 0.05) is 5.56 Å². The monoisotopic (exact) mass is 278 g/mol. The molecule has 0 bridgehead atoms. The SMILES string of the molecule is O=C(CS(=O)(=O)c1cccc(F)c1)c1ccccc1. The standard InChI is InChI=1S/C14H11FO3S/c15-12-7-4-8-13(9-12)19(17,18)10-14(16)11-5-2-1-3-6-11/h1-9H,10H2. The van der Waals surface area contributed by atoms with Crippen LogP contribution >= 0.6 is 0 Å². The van der Waals surface area contributed by atoms with Crippen molar-refractivity contribution in [1.82, 2.24) is 0 Å². The Balaban J connectivity index is 2.25. The highest BCUT2D eigenvalue weighted by Gasteiger charge is 2.20. The van der Waals surface area contributed by atoms with Crippen molar-refractivity contribution in [3.8, 4) is 0 Å². The predicted octanol–water partition coefficient (Wildman–Crippen LogP) is 2.48. The summed E-state index contributed by atoms with van der Waals surface area (Å²) in [4.78, 5) is 11.7. The molecule has 0 aliphatic heterocycles. The Bertz CT molecular complexity index is 694. The summed E-state index contributed by atoms with van der Waals surface area (Å²) >= 11 is 0. The van der Waals surface area contributed by atoms with E-state index in [9.17, 15) is 17.6 Å². The zero-order valence-electron chi connectivity index (χ0n) is 9.91. The Morgan fingerprint density at radius 2 is 1.68 bits per heavy atom. The number of hydrogen-bond acceptors (Lipinski definition) is 3. The van der Waals surface area contributed by atoms with Crippen molar-refractivity contribution in [1.29, 1.82) is 0 Å². The number of carbonyl (C=O) groups excluding carboxylic acids is 1. The van der Waals surface area contributed by atoms with Gasteiger partial charge in [-0.3, -0.25) is 4.79 Å². The van der Waals surface area contributed by atoms with Gasteiger partial charge in [0.1, 0.15) is 11.6 Å². The van der Waals surface area contributed by atoms with Gasteiger partial charge in [-0.15, -0.1) is 0 Å². The highest BCUT2D eigenvalue weighted by Crippen LogP contribution is 2.14. The van der Waals surface area contributed by atoms with Gasteiger partial charge in [-0.25, -0.2) is 12.8 Å². The number of hydrogen-bond donors (Lipinski definition) is 0. The molecule has 0 heterocycles. The molecule has 0 N–H and O–H groups in total. The molecule has 5 heteroatoms. The molecule has 0 unspecified atom stereocenters. The lowest BCUT2D eigenvalue weighted by Gasteiger charge is -2.04. The van der Waals surface area contributed by atoms with Gasteiger partial charge in [0.25, 0.3) is 0 Å². The molecule has 0 fully saturated rings. The number of rotatable bonds is 4. The zero-order chi connectivity index (χ0) is 13.9. The Morgan fingerprint density at radius 3 is 2.32 bits per heavy atom. The minimum atomic E-state index is -3.82. The van der Waals surface area contributed by atoms with E-state index in [1.54, 1.807) is 30.3 Å². The Kier molecular flexibility index (Phi) is 3.76. The van der Waals surface area contributed by atoms with Gasteiger partial charge >= 0.3 is 0 Å². The van der Waals surface area contributed by atoms with Crippen LogP contribution in [-0.4, -0.2) is 20.0 Å². The van der Waals surface area contributed by atoms with Crippen LogP contribution in [0.15, 0.2) is 59.5 Å². The number of Topliss-reactive ketones (excluding diaryl/α,β-unsaturated/α-hetero) is 1. The minimum absolute atomic E-state index is 0.184. The lowest BCUT2D eigenvalue weighted by atomic mass is 10.2. The average molecular weight is 278 g/mol. The van der Waals surface area contributed by atoms with Crippen molar-refractivity contribution in [3.63, 3.8) is 0 Å². The van der Waals surface area contributed by atoms with E-state index in [0.717, 1.165) is 12.1 Å². The Morgan fingerprint density at radius 1 is 1.00 bits per heavy atom. The third-order valence-corrected chi connectivity index (χ3v) is 4.19. The fourth-order valence-electron chi connectivity index (χ4n) is 1.62. The molecule has 0 amide bonds. The highest BCUT2D eigenvalue weighted by molar-refractivity contribution is 7.92. The number of benzene rings is 2. The summed E-state index contributed by atoms with van der Waals surface area (Å²) in [5.74, 6) is -1.82. The third kappa shape index (κ3) is 3.26. The highest BCUT2D eigenvalue weighted by atomic mass is 32.2. The second kappa shape index (κ2) is 5.32. The van der Waals surface area contributed by atoms with Gasteiger partial charge in [0.05, 0.1) is 4.90 Å². The third-order valence-electron chi connectivity index (χ3n) is 2.57. The van der Waals surface area contributed by atoms with Crippen LogP contribution in [0.4, 0.5) is 4.39 Å². The van der Waals surface area contributed by atoms with Gasteiger partial charge in [0.2, 0.25) is 0 Å². The molecular formula is C14H11FO3S. The lowest BCUT2D eigenvalue weighted by molar-refractivity contribution is 0.102. The molecule has 98 valence electrons. The molecule has 0 aliphatic carbocycles. The topological polar surface area (TPSA) is 51.2 Å². The molecule has 0 saturated heterocycles. The summed E-state index contributed by atoms with van der Waals surface area (Å²) in [5.41, 5.74) is 0.322. The van der Waals surface area contributed by atoms with Crippen molar-refractivity contribution < 1.29 is 17.6 Å². The first kappa shape index (κ1) is 13.4. The fraction of sp³-hybridized carbons (Fsp3) is 0.0714. The van der Waals surface area contributed by atoms with E-state index in [1.807, 2.05) is 0 Å². The molecule has 3 nitrogen and oxygen atoms in total. The molecule has 0 saturated carbocycles. The molecular weight excluding hydrogens is 267 g/mol. The summed E-state index contributed by atoms with van der Waals surface area (Å²) in [6.07, 6.45) is 0. The number of carbonyl (C=O) groups is 1. The maximum absolute atomic E-state index is 13.0. The predicted molar refractivity (Wildman–Crippen MR) is 69.2 cm³/mol. The Hall–Kier alpha value is -2.01. The summed E-state index contributed by atoms with van der Waals surface area (Å²) in [6, 6.07) is 12.8. The van der Waals surface area contributed by atoms with Crippen molar-refractivity contribution >= 4 is 15.6 Å². The minimum Gasteiger partial charge on any atom is -0.293 e. The average Bonchev–Trinajstić information content (AvgIpc) is 2.39. The Labute approximate surface area is 110 Å². The first-order chi connectivity index (χ1) is 8.99. The smallest absolute Gasteiger partial charge is 0.185 e. The molecule has 0 spiro atoms. The van der Waals surface area contributed by atoms with Crippen molar-refractivity contribution in [2.24, 2.45) is 0 Å². The van der Waals surface area contributed by atoms with Crippen LogP contribution in [-0.2, 0) is 9.84 Å². The fourth-order valence-corrected chi connectivity index (χ4v) is 2.88. The van der Waals surface area contributed by atoms with E-state index >= 15 is 0 Å². The van der Waals surface area contributed by atoms with E-state index in [1.165, 1.54) is 12.1 Å². The van der Waals surface area contributed by atoms with E-state index in [4.69, 9.17) is 0 Å². The van der Waals surface area contributed by atoms with Crippen LogP contribution in [0.2, 0.25) is 0 Å². The van der Waals surface area contributed by atoms with Crippen molar-refractivity contribution in [3.05, 3.63) is 66.0 Å². The molecule has 0 aromatic heterocycles. The maximum Gasteiger partial charge on any atom is 0.185 e. The maximum atomic E-state index is 13.0. The molecule has 19 heavy (non-hydrogen) atoms. The van der Waals surface area contributed by atoms with Gasteiger partial charge in [-0.1, -0.05) is 36.4 Å². The van der Waals surface area contributed by atoms with E-state index in [2.05, 4.69) is 0 Å². The van der Waals surface area contributed by atoms with Gasteiger partial charge in [-0.05, 0) is 18.2 Å². The van der Waals surface area contributed by atoms with Crippen LogP contribution < -0.4 is 0 Å². The number of ketones is 1. The molecule has 2 rings (SSSR count). The van der Waals surface area contributed by atoms with Crippen molar-refractivity contribution in [2.75, 3.05) is 5.75 Å². The summed E-state index contributed by atoms with van der Waals surface area (Å²) in [7, 11) is -3.82. The van der Waals surface area contributed by atoms with Gasteiger partial charge in [-0.2, -0.15) is 0 Å². The van der Waals surface area contributed by atoms with Crippen LogP contribution in [0.1, 0.15) is 10.4 Å². The van der Waals surface area contributed by atoms with E-state index in [-0.39, 0.29) is 4.90 Å². The molecule has 0 radical (unpaired) electrons. The van der Waals surface area contributed by atoms with E-state index < -0.39 is 27.2 Å². The largest absolute Gasteiger partial charge is 0.293 e. The summed E-state index contributed by atoms with van der Waals surface area (Å²) in [5, 5.41) is 0. The zero-order valence-corrected chi connectivity index (χ0v) is 10.7. The second-order valence-corrected chi connectivity index (χ2v) is 6.00. The van der Waals surface area contributed by atoms with Crippen LogP contribution in [0.25, 0.3) is 0 Å². The summed E-state index contributed by atoms with van der Waals surface area (Å²) < 4.78 is 37.0. The molecule has 2 aromatic carbocycles. The second-order valence-electron chi connectivity index (χ2n) is 4.01. The number of sulfone groups is 1. The molecule has 0 atom stereocenters.